The first-order chi connectivity index (χ1) is 26.4. The van der Waals surface area contributed by atoms with Crippen molar-refractivity contribution in [1.82, 2.24) is 9.62 Å². The van der Waals surface area contributed by atoms with Crippen LogP contribution in [0.25, 0.3) is 0 Å². The number of nitrogens with one attached hydrogen (secondary N) is 2. The van der Waals surface area contributed by atoms with Crippen LogP contribution < -0.4 is 20.1 Å². The van der Waals surface area contributed by atoms with Crippen molar-refractivity contribution in [1.29, 1.82) is 0 Å². The number of methoxy groups -OCH3 is 2. The van der Waals surface area contributed by atoms with E-state index in [1.807, 2.05) is 0 Å². The zero-order valence-corrected chi connectivity index (χ0v) is 32.7. The largest absolute Gasteiger partial charge is 0.495 e. The standard InChI is InChI=1S/C36H39N3O14S3/c1-36(26-5-4-6-29(22-26)55(44,45)46,38-35(41)24-7-11-28(12-8-24)53-20-19-50-2)30-13-10-27(23-32(30)56(47,48)49)37-34(40)25-9-14-31(51-3)33(21-25)54(42,43)39-15-17-52-18-16-39/h4-14,21-23H,15-20H2,1-3H3,(H,37,40)(H,38,41)(H,44,45,46)(H,47,48,49). The molecule has 1 aliphatic rings. The molecule has 0 spiro atoms. The molecular formula is C36H39N3O14S3. The minimum Gasteiger partial charge on any atom is -0.495 e. The quantitative estimate of drug-likeness (QED) is 0.0994. The van der Waals surface area contributed by atoms with Crippen LogP contribution in [0.5, 0.6) is 11.5 Å². The number of ether oxygens (including phenoxy) is 4. The van der Waals surface area contributed by atoms with Gasteiger partial charge in [0.15, 0.2) is 0 Å². The van der Waals surface area contributed by atoms with Crippen molar-refractivity contribution in [3.8, 4) is 11.5 Å². The highest BCUT2D eigenvalue weighted by Gasteiger charge is 2.37. The summed E-state index contributed by atoms with van der Waals surface area (Å²) in [7, 11) is -11.3. The summed E-state index contributed by atoms with van der Waals surface area (Å²) in [5, 5.41) is 5.23. The van der Waals surface area contributed by atoms with Crippen molar-refractivity contribution in [3.05, 3.63) is 107 Å². The normalized spacial score (nSPS) is 15.0. The maximum absolute atomic E-state index is 13.8. The molecule has 0 saturated carbocycles. The van der Waals surface area contributed by atoms with E-state index in [1.165, 1.54) is 86.1 Å². The van der Waals surface area contributed by atoms with E-state index in [-0.39, 0.29) is 71.5 Å². The van der Waals surface area contributed by atoms with Crippen molar-refractivity contribution in [2.75, 3.05) is 59.1 Å². The summed E-state index contributed by atoms with van der Waals surface area (Å²) >= 11 is 0. The van der Waals surface area contributed by atoms with Crippen molar-refractivity contribution >= 4 is 47.8 Å². The van der Waals surface area contributed by atoms with Crippen LogP contribution in [0.3, 0.4) is 0 Å². The van der Waals surface area contributed by atoms with Gasteiger partial charge in [0.25, 0.3) is 32.1 Å². The number of carbonyl (C=O) groups is 2. The van der Waals surface area contributed by atoms with Gasteiger partial charge in [0.05, 0.1) is 37.4 Å². The number of hydrogen-bond donors (Lipinski definition) is 4. The molecule has 4 aromatic carbocycles. The second kappa shape index (κ2) is 17.1. The van der Waals surface area contributed by atoms with Crippen LogP contribution >= 0.6 is 0 Å². The van der Waals surface area contributed by atoms with Crippen molar-refractivity contribution in [2.24, 2.45) is 0 Å². The fraction of sp³-hybridized carbons (Fsp3) is 0.278. The Kier molecular flexibility index (Phi) is 12.9. The van der Waals surface area contributed by atoms with E-state index in [9.17, 15) is 43.9 Å². The summed E-state index contributed by atoms with van der Waals surface area (Å²) in [6.07, 6.45) is 0. The number of benzene rings is 4. The average Bonchev–Trinajstić information content (AvgIpc) is 3.17. The summed E-state index contributed by atoms with van der Waals surface area (Å²) in [6.45, 7) is 2.46. The van der Waals surface area contributed by atoms with Gasteiger partial charge in [-0.1, -0.05) is 18.2 Å². The number of anilines is 1. The molecule has 0 bridgehead atoms. The molecule has 2 amide bonds. The summed E-state index contributed by atoms with van der Waals surface area (Å²) < 4.78 is 120. The molecule has 1 unspecified atom stereocenters. The van der Waals surface area contributed by atoms with Gasteiger partial charge in [-0.2, -0.15) is 21.1 Å². The lowest BCUT2D eigenvalue weighted by molar-refractivity contribution is 0.0729. The number of rotatable bonds is 15. The molecule has 1 fully saturated rings. The molecule has 56 heavy (non-hydrogen) atoms. The molecule has 20 heteroatoms. The molecule has 1 atom stereocenters. The molecule has 4 aromatic rings. The second-order valence-corrected chi connectivity index (χ2v) is 17.2. The third kappa shape index (κ3) is 9.53. The van der Waals surface area contributed by atoms with E-state index in [4.69, 9.17) is 18.9 Å². The number of nitrogens with zero attached hydrogens (tertiary/aromatic N) is 1. The molecule has 1 aliphatic heterocycles. The Labute approximate surface area is 324 Å². The van der Waals surface area contributed by atoms with Crippen LogP contribution in [0.4, 0.5) is 5.69 Å². The lowest BCUT2D eigenvalue weighted by Gasteiger charge is -2.34. The molecule has 1 heterocycles. The number of amides is 2. The fourth-order valence-electron chi connectivity index (χ4n) is 5.88. The predicted molar refractivity (Wildman–Crippen MR) is 201 cm³/mol. The van der Waals surface area contributed by atoms with E-state index in [2.05, 4.69) is 10.6 Å². The zero-order chi connectivity index (χ0) is 40.9. The van der Waals surface area contributed by atoms with E-state index < -0.39 is 57.4 Å². The summed E-state index contributed by atoms with van der Waals surface area (Å²) in [5.74, 6) is -1.20. The van der Waals surface area contributed by atoms with Gasteiger partial charge in [-0.15, -0.1) is 0 Å². The second-order valence-electron chi connectivity index (χ2n) is 12.5. The van der Waals surface area contributed by atoms with Crippen LogP contribution in [0.1, 0.15) is 38.8 Å². The Balaban J connectivity index is 1.54. The first-order valence-corrected chi connectivity index (χ1v) is 21.0. The molecule has 0 aliphatic carbocycles. The first-order valence-electron chi connectivity index (χ1n) is 16.7. The molecule has 1 saturated heterocycles. The molecule has 300 valence electrons. The highest BCUT2D eigenvalue weighted by atomic mass is 32.2. The van der Waals surface area contributed by atoms with Gasteiger partial charge in [0.2, 0.25) is 10.0 Å². The molecule has 4 N–H and O–H groups in total. The lowest BCUT2D eigenvalue weighted by atomic mass is 9.84. The lowest BCUT2D eigenvalue weighted by Crippen LogP contribution is -2.45. The van der Waals surface area contributed by atoms with E-state index >= 15 is 0 Å². The summed E-state index contributed by atoms with van der Waals surface area (Å²) in [4.78, 5) is 25.6. The van der Waals surface area contributed by atoms with Gasteiger partial charge in [-0.05, 0) is 79.2 Å². The van der Waals surface area contributed by atoms with Gasteiger partial charge in [0.1, 0.15) is 27.9 Å². The van der Waals surface area contributed by atoms with Crippen molar-refractivity contribution in [3.63, 3.8) is 0 Å². The number of hydrogen-bond acceptors (Lipinski definition) is 12. The minimum absolute atomic E-state index is 0.0168. The monoisotopic (exact) mass is 833 g/mol. The van der Waals surface area contributed by atoms with Gasteiger partial charge < -0.3 is 29.6 Å². The molecule has 0 aromatic heterocycles. The minimum atomic E-state index is -5.16. The number of morpholine rings is 1. The van der Waals surface area contributed by atoms with Crippen LogP contribution in [0.2, 0.25) is 0 Å². The smallest absolute Gasteiger partial charge is 0.294 e. The highest BCUT2D eigenvalue weighted by molar-refractivity contribution is 7.89. The Morgan fingerprint density at radius 1 is 0.786 bits per heavy atom. The third-order valence-corrected chi connectivity index (χ3v) is 12.5. The van der Waals surface area contributed by atoms with E-state index in [0.717, 1.165) is 24.3 Å². The molecule has 17 nitrogen and oxygen atoms in total. The Morgan fingerprint density at radius 2 is 1.46 bits per heavy atom. The van der Waals surface area contributed by atoms with Gasteiger partial charge in [-0.3, -0.25) is 18.7 Å². The van der Waals surface area contributed by atoms with Crippen molar-refractivity contribution in [2.45, 2.75) is 27.1 Å². The van der Waals surface area contributed by atoms with Crippen LogP contribution in [-0.4, -0.2) is 104 Å². The van der Waals surface area contributed by atoms with Gasteiger partial charge in [0, 0.05) is 42.6 Å². The Hall–Kier alpha value is -4.93. The summed E-state index contributed by atoms with van der Waals surface area (Å²) in [5.41, 5.74) is -2.42. The maximum Gasteiger partial charge on any atom is 0.294 e. The molecular weight excluding hydrogens is 795 g/mol. The SMILES string of the molecule is COCCOc1ccc(C(=O)NC(C)(c2cccc(S(=O)(=O)O)c2)c2ccc(NC(=O)c3ccc(OC)c(S(=O)(=O)N4CCOCC4)c3)cc2S(=O)(=O)O)cc1. The van der Waals surface area contributed by atoms with Crippen LogP contribution in [-0.2, 0) is 45.3 Å². The summed E-state index contributed by atoms with van der Waals surface area (Å²) in [6, 6.07) is 17.7. The van der Waals surface area contributed by atoms with Crippen molar-refractivity contribution < 1.29 is 62.9 Å². The predicted octanol–water partition coefficient (Wildman–Crippen LogP) is 3.18. The zero-order valence-electron chi connectivity index (χ0n) is 30.3. The number of sulfonamides is 1. The molecule has 5 rings (SSSR count). The number of carbonyl (C=O) groups excluding carboxylic acids is 2. The topological polar surface area (TPSA) is 241 Å². The average molecular weight is 834 g/mol. The Morgan fingerprint density at radius 3 is 2.09 bits per heavy atom. The van der Waals surface area contributed by atoms with E-state index in [1.54, 1.807) is 0 Å². The van der Waals surface area contributed by atoms with Crippen LogP contribution in [0, 0.1) is 0 Å². The first kappa shape index (κ1) is 42.2. The Bertz CT molecular complexity index is 2440. The van der Waals surface area contributed by atoms with Gasteiger partial charge in [-0.25, -0.2) is 8.42 Å². The molecule has 0 radical (unpaired) electrons. The van der Waals surface area contributed by atoms with Crippen LogP contribution in [0.15, 0.2) is 99.6 Å². The third-order valence-electron chi connectivity index (χ3n) is 8.82. The van der Waals surface area contributed by atoms with E-state index in [0.29, 0.717) is 12.4 Å². The van der Waals surface area contributed by atoms with Gasteiger partial charge >= 0.3 is 0 Å². The maximum atomic E-state index is 13.8. The fourth-order valence-corrected chi connectivity index (χ4v) is 8.82. The highest BCUT2D eigenvalue weighted by Crippen LogP contribution is 2.37.